The van der Waals surface area contributed by atoms with Crippen molar-refractivity contribution in [2.45, 2.75) is 26.2 Å². The van der Waals surface area contributed by atoms with E-state index in [4.69, 9.17) is 4.11 Å². The Hall–Kier alpha value is -10.3. The number of thiophene rings is 1. The highest BCUT2D eigenvalue weighted by Gasteiger charge is 2.45. The van der Waals surface area contributed by atoms with E-state index in [9.17, 15) is 2.74 Å². The molecule has 1 aromatic heterocycles. The number of rotatable bonds is 9. The van der Waals surface area contributed by atoms with E-state index in [1.165, 1.54) is 25.7 Å². The number of benzene rings is 13. The van der Waals surface area contributed by atoms with Gasteiger partial charge in [0.15, 0.2) is 0 Å². The van der Waals surface area contributed by atoms with Crippen molar-refractivity contribution in [3.63, 3.8) is 0 Å². The number of hydrogen-bond acceptors (Lipinski definition) is 3. The van der Waals surface area contributed by atoms with Gasteiger partial charge in [0.05, 0.1) is 12.5 Å². The summed E-state index contributed by atoms with van der Waals surface area (Å²) in [6.45, 7) is 6.44. The van der Waals surface area contributed by atoms with Gasteiger partial charge in [0.25, 0.3) is 6.71 Å². The zero-order chi connectivity index (χ0) is 61.8. The molecule has 0 amide bonds. The second-order valence-electron chi connectivity index (χ2n) is 23.6. The lowest BCUT2D eigenvalue weighted by molar-refractivity contribution is 0.591. The van der Waals surface area contributed by atoms with E-state index >= 15 is 0 Å². The molecule has 14 aromatic rings. The molecular weight excluding hydrogens is 1060 g/mol. The molecule has 0 aliphatic carbocycles. The fourth-order valence-corrected chi connectivity index (χ4v) is 14.5. The zero-order valence-corrected chi connectivity index (χ0v) is 48.7. The van der Waals surface area contributed by atoms with Crippen molar-refractivity contribution in [1.29, 1.82) is 0 Å². The minimum absolute atomic E-state index is 0.157. The smallest absolute Gasteiger partial charge is 0.252 e. The molecule has 0 N–H and O–H groups in total. The Morgan fingerprint density at radius 2 is 0.826 bits per heavy atom. The maximum atomic E-state index is 9.47. The Balaban J connectivity index is 1.11. The average Bonchev–Trinajstić information content (AvgIpc) is 0.870. The highest BCUT2D eigenvalue weighted by Crippen LogP contribution is 2.54. The monoisotopic (exact) mass is 1120 g/mol. The minimum Gasteiger partial charge on any atom is -0.311 e. The van der Waals surface area contributed by atoms with E-state index in [1.807, 2.05) is 17.4 Å². The molecule has 2 aliphatic heterocycles. The summed E-state index contributed by atoms with van der Waals surface area (Å²) in [5, 5.41) is 2.41. The standard InChI is InChI=1S/C82H59BN2S/c1-82(2,3)65-52-69(58-33-18-8-19-34-58)81(70(53-65)59-35-20-9-21-36-59)85-74-44-42-61(55-27-12-5-13-28-55)49-72(74)83-71-48-60(54-25-10-4-11-26-54)41-43-73(71)84(66-46-62(56-29-14-6-15-30-56)45-63(47-66)57-31-16-7-17-32-57)75-50-64(51-76(85)80(75)83)67-38-24-40-78-79(67)68-37-22-23-39-77(68)86-78/h4-53H,1-3H3/i4D,10D,11D,25D,26D. The van der Waals surface area contributed by atoms with E-state index < -0.39 is 12.8 Å². The molecule has 0 saturated heterocycles. The summed E-state index contributed by atoms with van der Waals surface area (Å²) >= 11 is 1.82. The van der Waals surface area contributed by atoms with Crippen molar-refractivity contribution in [2.75, 3.05) is 9.80 Å². The van der Waals surface area contributed by atoms with Gasteiger partial charge in [0.2, 0.25) is 0 Å². The first-order valence-electron chi connectivity index (χ1n) is 32.0. The predicted octanol–water partition coefficient (Wildman–Crippen LogP) is 21.1. The molecule has 2 nitrogen and oxygen atoms in total. The second-order valence-corrected chi connectivity index (χ2v) is 24.7. The first-order valence-corrected chi connectivity index (χ1v) is 30.3. The van der Waals surface area contributed by atoms with Gasteiger partial charge in [-0.15, -0.1) is 11.3 Å². The van der Waals surface area contributed by atoms with Crippen LogP contribution < -0.4 is 26.2 Å². The second kappa shape index (κ2) is 20.8. The van der Waals surface area contributed by atoms with Crippen molar-refractivity contribution in [2.24, 2.45) is 0 Å². The van der Waals surface area contributed by atoms with Crippen LogP contribution in [0, 0.1) is 0 Å². The van der Waals surface area contributed by atoms with E-state index in [-0.39, 0.29) is 35.1 Å². The first-order chi connectivity index (χ1) is 44.4. The summed E-state index contributed by atoms with van der Waals surface area (Å²) < 4.78 is 48.0. The van der Waals surface area contributed by atoms with Crippen LogP contribution in [0.3, 0.4) is 0 Å². The molecule has 2 aliphatic rings. The van der Waals surface area contributed by atoms with E-state index in [0.717, 1.165) is 117 Å². The summed E-state index contributed by atoms with van der Waals surface area (Å²) in [5.74, 6) is 0. The third-order valence-corrected chi connectivity index (χ3v) is 18.6. The number of nitrogens with zero attached hydrogens (tertiary/aromatic N) is 2. The lowest BCUT2D eigenvalue weighted by Crippen LogP contribution is -2.61. The Bertz CT molecular complexity index is 5080. The molecule has 0 atom stereocenters. The van der Waals surface area contributed by atoms with Gasteiger partial charge in [-0.2, -0.15) is 0 Å². The fourth-order valence-electron chi connectivity index (χ4n) is 13.4. The Morgan fingerprint density at radius 1 is 0.349 bits per heavy atom. The summed E-state index contributed by atoms with van der Waals surface area (Å²) in [7, 11) is 0. The van der Waals surface area contributed by atoms with Crippen LogP contribution in [-0.2, 0) is 5.41 Å². The van der Waals surface area contributed by atoms with Gasteiger partial charge >= 0.3 is 0 Å². The summed E-state index contributed by atoms with van der Waals surface area (Å²) in [6.07, 6.45) is 0. The van der Waals surface area contributed by atoms with Crippen LogP contribution in [0.2, 0.25) is 0 Å². The van der Waals surface area contributed by atoms with Crippen LogP contribution in [0.5, 0.6) is 0 Å². The van der Waals surface area contributed by atoms with Crippen LogP contribution in [0.25, 0.3) is 98.1 Å². The summed E-state index contributed by atoms with van der Waals surface area (Å²) in [4.78, 5) is 5.03. The molecule has 3 heterocycles. The Morgan fingerprint density at radius 3 is 1.38 bits per heavy atom. The van der Waals surface area contributed by atoms with Crippen molar-refractivity contribution >= 4 is 88.7 Å². The molecule has 0 radical (unpaired) electrons. The molecule has 406 valence electrons. The summed E-state index contributed by atoms with van der Waals surface area (Å²) in [5.41, 5.74) is 23.6. The molecule has 0 spiro atoms. The molecule has 0 saturated carbocycles. The maximum absolute atomic E-state index is 9.47. The third-order valence-electron chi connectivity index (χ3n) is 17.4. The largest absolute Gasteiger partial charge is 0.311 e. The van der Waals surface area contributed by atoms with Crippen molar-refractivity contribution in [1.82, 2.24) is 0 Å². The van der Waals surface area contributed by atoms with Gasteiger partial charge in [-0.1, -0.05) is 257 Å². The highest BCUT2D eigenvalue weighted by molar-refractivity contribution is 7.26. The first kappa shape index (κ1) is 46.2. The highest BCUT2D eigenvalue weighted by atomic mass is 32.1. The summed E-state index contributed by atoms with van der Waals surface area (Å²) in [6, 6.07) is 97.1. The molecule has 86 heavy (non-hydrogen) atoms. The van der Waals surface area contributed by atoms with Gasteiger partial charge in [0, 0.05) is 59.7 Å². The van der Waals surface area contributed by atoms with Crippen LogP contribution >= 0.6 is 11.3 Å². The zero-order valence-electron chi connectivity index (χ0n) is 52.9. The van der Waals surface area contributed by atoms with Crippen LogP contribution in [0.1, 0.15) is 33.2 Å². The van der Waals surface area contributed by atoms with Gasteiger partial charge in [-0.25, -0.2) is 0 Å². The molecule has 13 aromatic carbocycles. The average molecular weight is 1120 g/mol. The van der Waals surface area contributed by atoms with Crippen LogP contribution in [-0.4, -0.2) is 6.71 Å². The Labute approximate surface area is 515 Å². The molecular formula is C82H59BN2S. The normalized spacial score (nSPS) is 13.3. The number of anilines is 6. The maximum Gasteiger partial charge on any atom is 0.252 e. The molecule has 0 bridgehead atoms. The predicted molar refractivity (Wildman–Crippen MR) is 370 cm³/mol. The van der Waals surface area contributed by atoms with E-state index in [0.29, 0.717) is 5.56 Å². The third kappa shape index (κ3) is 8.79. The molecule has 0 fully saturated rings. The number of fused-ring (bicyclic) bond motifs is 7. The van der Waals surface area contributed by atoms with Crippen molar-refractivity contribution in [3.8, 4) is 77.9 Å². The van der Waals surface area contributed by atoms with Crippen molar-refractivity contribution < 1.29 is 6.85 Å². The SMILES string of the molecule is [2H]c1c([2H])c([2H])c(-c2ccc3c(c2)B2c4cc(-c5ccccc5)ccc4N(c4c(-c5ccccc5)cc(C(C)(C)C)cc4-c4ccccc4)c4cc(-c5cccc6sc7ccccc7c56)cc(c42)N3c2cc(-c3ccccc3)cc(-c3ccccc3)c2)c([2H])c1[2H]. The molecule has 0 unspecified atom stereocenters. The molecule has 4 heteroatoms. The topological polar surface area (TPSA) is 6.48 Å². The van der Waals surface area contributed by atoms with Crippen molar-refractivity contribution in [3.05, 3.63) is 309 Å². The van der Waals surface area contributed by atoms with E-state index in [1.54, 1.807) is 0 Å². The van der Waals surface area contributed by atoms with Crippen LogP contribution in [0.15, 0.2) is 303 Å². The number of hydrogen-bond donors (Lipinski definition) is 0. The lowest BCUT2D eigenvalue weighted by atomic mass is 9.33. The van der Waals surface area contributed by atoms with Crippen LogP contribution in [0.4, 0.5) is 34.1 Å². The fraction of sp³-hybridized carbons (Fsp3) is 0.0488. The van der Waals surface area contributed by atoms with Gasteiger partial charge in [0.1, 0.15) is 0 Å². The lowest BCUT2D eigenvalue weighted by Gasteiger charge is -2.45. The van der Waals surface area contributed by atoms with Gasteiger partial charge in [-0.3, -0.25) is 0 Å². The van der Waals surface area contributed by atoms with Gasteiger partial charge in [-0.05, 0) is 161 Å². The van der Waals surface area contributed by atoms with E-state index in [2.05, 4.69) is 297 Å². The minimum atomic E-state index is -0.456. The Kier molecular flexibility index (Phi) is 11.2. The molecule has 16 rings (SSSR count). The van der Waals surface area contributed by atoms with Gasteiger partial charge < -0.3 is 9.80 Å². The quantitative estimate of drug-likeness (QED) is 0.133.